The second kappa shape index (κ2) is 8.57. The average molecular weight is 458 g/mol. The van der Waals surface area contributed by atoms with Crippen LogP contribution in [0.4, 0.5) is 32.2 Å². The highest BCUT2D eigenvalue weighted by molar-refractivity contribution is 6.05. The molecule has 2 heterocycles. The normalized spacial score (nSPS) is 13.2. The molecule has 0 saturated carbocycles. The molecule has 0 bridgehead atoms. The Balaban J connectivity index is 2.09. The lowest BCUT2D eigenvalue weighted by Crippen LogP contribution is -2.25. The summed E-state index contributed by atoms with van der Waals surface area (Å²) in [5, 5.41) is 5.98. The van der Waals surface area contributed by atoms with E-state index in [2.05, 4.69) is 25.6 Å². The molecule has 170 valence electrons. The summed E-state index contributed by atoms with van der Waals surface area (Å²) in [5.74, 6) is -0.710. The van der Waals surface area contributed by atoms with Crippen LogP contribution in [0.1, 0.15) is 33.2 Å². The van der Waals surface area contributed by atoms with Crippen molar-refractivity contribution in [3.63, 3.8) is 0 Å². The molecule has 0 radical (unpaired) electrons. The van der Waals surface area contributed by atoms with Gasteiger partial charge in [0.05, 0.1) is 17.2 Å². The molecule has 7 nitrogen and oxygen atoms in total. The van der Waals surface area contributed by atoms with Crippen molar-refractivity contribution in [2.75, 3.05) is 18.9 Å². The summed E-state index contributed by atoms with van der Waals surface area (Å²) in [4.78, 5) is 23.5. The Morgan fingerprint density at radius 2 is 1.72 bits per heavy atom. The molecule has 1 amide bonds. The number of nitrogens with one attached hydrogen (secondary N) is 2. The predicted octanol–water partition coefficient (Wildman–Crippen LogP) is 3.53. The zero-order chi connectivity index (χ0) is 23.7. The summed E-state index contributed by atoms with van der Waals surface area (Å²) < 4.78 is 79.4. The smallest absolute Gasteiger partial charge is 0.364 e. The molecule has 0 aliphatic carbocycles. The summed E-state index contributed by atoms with van der Waals surface area (Å²) in [6.07, 6.45) is -8.00. The molecule has 0 spiro atoms. The molecule has 13 heteroatoms. The quantitative estimate of drug-likeness (QED) is 0.488. The van der Waals surface area contributed by atoms with Crippen molar-refractivity contribution in [1.29, 1.82) is 0 Å². The number of primary amides is 1. The molecule has 0 saturated heterocycles. The molecule has 3 aromatic rings. The molecule has 1 atom stereocenters. The standard InChI is InChI=1S/C19H16F6N6O/c1-27-7-13(9-2-3-11(18(20,21)22)12(6-9)19(23,24)25)31-17-10-4-5-28-15(16(26)32)14(10)29-8-30-17/h2-6,8,13,27H,7H2,1H3,(H2,26,32)(H,29,30,31)/t13-/m1/s1. The maximum Gasteiger partial charge on any atom is 0.417 e. The number of alkyl halides is 6. The number of rotatable bonds is 6. The molecule has 2 aromatic heterocycles. The largest absolute Gasteiger partial charge is 0.417 e. The van der Waals surface area contributed by atoms with Gasteiger partial charge in [0.1, 0.15) is 17.7 Å². The van der Waals surface area contributed by atoms with Crippen LogP contribution in [0, 0.1) is 0 Å². The number of anilines is 1. The Morgan fingerprint density at radius 3 is 2.31 bits per heavy atom. The number of carbonyl (C=O) groups excluding carboxylic acids is 1. The topological polar surface area (TPSA) is 106 Å². The van der Waals surface area contributed by atoms with E-state index >= 15 is 0 Å². The van der Waals surface area contributed by atoms with Gasteiger partial charge in [0.15, 0.2) is 5.69 Å². The minimum absolute atomic E-state index is 0.0436. The number of pyridine rings is 1. The Morgan fingerprint density at radius 1 is 1.03 bits per heavy atom. The van der Waals surface area contributed by atoms with E-state index in [1.54, 1.807) is 0 Å². The van der Waals surface area contributed by atoms with Crippen LogP contribution in [-0.4, -0.2) is 34.5 Å². The molecule has 0 fully saturated rings. The van der Waals surface area contributed by atoms with Gasteiger partial charge in [-0.05, 0) is 30.8 Å². The number of nitrogens with two attached hydrogens (primary N) is 1. The predicted molar refractivity (Wildman–Crippen MR) is 103 cm³/mol. The molecule has 0 aliphatic heterocycles. The summed E-state index contributed by atoms with van der Waals surface area (Å²) in [6.45, 7) is 0.0436. The first-order valence-corrected chi connectivity index (χ1v) is 9.02. The van der Waals surface area contributed by atoms with Gasteiger partial charge in [-0.25, -0.2) is 15.0 Å². The minimum Gasteiger partial charge on any atom is -0.364 e. The number of hydrogen-bond acceptors (Lipinski definition) is 6. The van der Waals surface area contributed by atoms with Crippen molar-refractivity contribution in [3.05, 3.63) is 59.2 Å². The van der Waals surface area contributed by atoms with E-state index in [-0.39, 0.29) is 29.1 Å². The van der Waals surface area contributed by atoms with Crippen molar-refractivity contribution < 1.29 is 31.1 Å². The lowest BCUT2D eigenvalue weighted by Gasteiger charge is -2.23. The number of nitrogens with zero attached hydrogens (tertiary/aromatic N) is 3. The van der Waals surface area contributed by atoms with Crippen LogP contribution < -0.4 is 16.4 Å². The molecule has 32 heavy (non-hydrogen) atoms. The molecular formula is C19H16F6N6O. The van der Waals surface area contributed by atoms with E-state index in [1.807, 2.05) is 0 Å². The molecule has 4 N–H and O–H groups in total. The van der Waals surface area contributed by atoms with Gasteiger partial charge >= 0.3 is 12.4 Å². The van der Waals surface area contributed by atoms with Crippen molar-refractivity contribution >= 4 is 22.6 Å². The van der Waals surface area contributed by atoms with Crippen LogP contribution in [0.2, 0.25) is 0 Å². The number of halogens is 6. The van der Waals surface area contributed by atoms with Crippen LogP contribution in [0.15, 0.2) is 36.8 Å². The van der Waals surface area contributed by atoms with Crippen LogP contribution in [0.3, 0.4) is 0 Å². The van der Waals surface area contributed by atoms with Crippen LogP contribution in [0.5, 0.6) is 0 Å². The van der Waals surface area contributed by atoms with E-state index in [0.717, 1.165) is 12.4 Å². The van der Waals surface area contributed by atoms with E-state index in [9.17, 15) is 31.1 Å². The van der Waals surface area contributed by atoms with Gasteiger partial charge in [0.2, 0.25) is 0 Å². The van der Waals surface area contributed by atoms with Gasteiger partial charge in [0, 0.05) is 18.1 Å². The second-order valence-electron chi connectivity index (χ2n) is 6.70. The molecule has 0 unspecified atom stereocenters. The number of amides is 1. The fourth-order valence-corrected chi connectivity index (χ4v) is 3.17. The highest BCUT2D eigenvalue weighted by Crippen LogP contribution is 2.41. The SMILES string of the molecule is CNC[C@@H](Nc1ncnc2c(C(N)=O)nccc12)c1ccc(C(F)(F)F)c(C(F)(F)F)c1. The van der Waals surface area contributed by atoms with Gasteiger partial charge < -0.3 is 16.4 Å². The fourth-order valence-electron chi connectivity index (χ4n) is 3.17. The van der Waals surface area contributed by atoms with Crippen LogP contribution in [-0.2, 0) is 12.4 Å². The first-order chi connectivity index (χ1) is 14.9. The zero-order valence-corrected chi connectivity index (χ0v) is 16.3. The van der Waals surface area contributed by atoms with Gasteiger partial charge in [-0.3, -0.25) is 4.79 Å². The summed E-state index contributed by atoms with van der Waals surface area (Å²) >= 11 is 0. The summed E-state index contributed by atoms with van der Waals surface area (Å²) in [5.41, 5.74) is 1.64. The van der Waals surface area contributed by atoms with E-state index in [1.165, 1.54) is 19.3 Å². The van der Waals surface area contributed by atoms with Crippen molar-refractivity contribution in [2.24, 2.45) is 5.73 Å². The Labute approximate surface area is 177 Å². The van der Waals surface area contributed by atoms with Gasteiger partial charge in [-0.2, -0.15) is 26.3 Å². The number of likely N-dealkylation sites (N-methyl/N-ethyl adjacent to an activating group) is 1. The van der Waals surface area contributed by atoms with E-state index < -0.39 is 35.4 Å². The number of benzene rings is 1. The van der Waals surface area contributed by atoms with Crippen molar-refractivity contribution in [3.8, 4) is 0 Å². The molecular weight excluding hydrogens is 442 g/mol. The highest BCUT2D eigenvalue weighted by atomic mass is 19.4. The minimum atomic E-state index is -5.21. The third kappa shape index (κ3) is 4.72. The molecule has 1 aromatic carbocycles. The van der Waals surface area contributed by atoms with Crippen LogP contribution >= 0.6 is 0 Å². The number of fused-ring (bicyclic) bond motifs is 1. The molecule has 3 rings (SSSR count). The highest BCUT2D eigenvalue weighted by Gasteiger charge is 2.43. The Kier molecular flexibility index (Phi) is 6.21. The fraction of sp³-hybridized carbons (Fsp3) is 0.263. The summed E-state index contributed by atoms with van der Waals surface area (Å²) in [6, 6.07) is 2.38. The maximum atomic E-state index is 13.4. The van der Waals surface area contributed by atoms with Gasteiger partial charge in [0.25, 0.3) is 5.91 Å². The van der Waals surface area contributed by atoms with E-state index in [4.69, 9.17) is 5.73 Å². The first-order valence-electron chi connectivity index (χ1n) is 9.02. The third-order valence-corrected chi connectivity index (χ3v) is 4.56. The maximum absolute atomic E-state index is 13.4. The van der Waals surface area contributed by atoms with Crippen molar-refractivity contribution in [2.45, 2.75) is 18.4 Å². The van der Waals surface area contributed by atoms with Crippen LogP contribution in [0.25, 0.3) is 10.9 Å². The van der Waals surface area contributed by atoms with Gasteiger partial charge in [-0.1, -0.05) is 6.07 Å². The monoisotopic (exact) mass is 458 g/mol. The first kappa shape index (κ1) is 23.2. The Bertz CT molecular complexity index is 1150. The van der Waals surface area contributed by atoms with E-state index in [0.29, 0.717) is 17.5 Å². The lowest BCUT2D eigenvalue weighted by molar-refractivity contribution is -0.162. The van der Waals surface area contributed by atoms with Crippen molar-refractivity contribution in [1.82, 2.24) is 20.3 Å². The molecule has 0 aliphatic rings. The lowest BCUT2D eigenvalue weighted by atomic mass is 9.98. The number of hydrogen-bond donors (Lipinski definition) is 3. The average Bonchev–Trinajstić information content (AvgIpc) is 2.71. The number of aromatic nitrogens is 3. The second-order valence-corrected chi connectivity index (χ2v) is 6.70. The van der Waals surface area contributed by atoms with Gasteiger partial charge in [-0.15, -0.1) is 0 Å². The third-order valence-electron chi connectivity index (χ3n) is 4.56. The summed E-state index contributed by atoms with van der Waals surface area (Å²) in [7, 11) is 1.52. The Hall–Kier alpha value is -3.48. The number of carbonyl (C=O) groups is 1. The zero-order valence-electron chi connectivity index (χ0n) is 16.3.